The second-order valence-corrected chi connectivity index (χ2v) is 7.72. The van der Waals surface area contributed by atoms with Gasteiger partial charge in [-0.2, -0.15) is 0 Å². The summed E-state index contributed by atoms with van der Waals surface area (Å²) < 4.78 is 22.1. The molecule has 2 amide bonds. The second-order valence-electron chi connectivity index (χ2n) is 7.72. The van der Waals surface area contributed by atoms with Crippen molar-refractivity contribution in [1.29, 1.82) is 0 Å². The molecule has 7 nitrogen and oxygen atoms in total. The zero-order chi connectivity index (χ0) is 19.7. The van der Waals surface area contributed by atoms with Crippen LogP contribution in [0.25, 0.3) is 0 Å². The number of urea groups is 1. The Bertz CT molecular complexity index is 923. The molecule has 0 atom stereocenters. The fourth-order valence-corrected chi connectivity index (χ4v) is 4.39. The van der Waals surface area contributed by atoms with Crippen molar-refractivity contribution >= 4 is 11.7 Å². The fraction of sp³-hybridized carbons (Fsp3) is 0.409. The lowest BCUT2D eigenvalue weighted by molar-refractivity contribution is 0.171. The van der Waals surface area contributed by atoms with Crippen molar-refractivity contribution in [3.8, 4) is 23.0 Å². The molecule has 0 bridgehead atoms. The molecule has 152 valence electrons. The van der Waals surface area contributed by atoms with E-state index in [4.69, 9.17) is 18.9 Å². The Balaban J connectivity index is 1.28. The van der Waals surface area contributed by atoms with Gasteiger partial charge in [0.2, 0.25) is 6.79 Å². The predicted molar refractivity (Wildman–Crippen MR) is 107 cm³/mol. The van der Waals surface area contributed by atoms with Crippen molar-refractivity contribution in [2.24, 2.45) is 0 Å². The van der Waals surface area contributed by atoms with Gasteiger partial charge < -0.3 is 29.6 Å². The van der Waals surface area contributed by atoms with Crippen LogP contribution in [-0.2, 0) is 5.41 Å². The molecule has 2 heterocycles. The van der Waals surface area contributed by atoms with Gasteiger partial charge in [0.25, 0.3) is 0 Å². The van der Waals surface area contributed by atoms with E-state index in [1.54, 1.807) is 18.2 Å². The van der Waals surface area contributed by atoms with E-state index >= 15 is 0 Å². The van der Waals surface area contributed by atoms with Crippen LogP contribution in [0.5, 0.6) is 23.0 Å². The Morgan fingerprint density at radius 2 is 1.55 bits per heavy atom. The molecule has 2 aliphatic heterocycles. The zero-order valence-corrected chi connectivity index (χ0v) is 16.2. The van der Waals surface area contributed by atoms with Crippen molar-refractivity contribution in [2.45, 2.75) is 31.1 Å². The molecular formula is C22H24N2O5. The molecule has 0 spiro atoms. The monoisotopic (exact) mass is 396 g/mol. The van der Waals surface area contributed by atoms with Crippen LogP contribution in [-0.4, -0.2) is 32.6 Å². The third-order valence-corrected chi connectivity index (χ3v) is 5.93. The van der Waals surface area contributed by atoms with E-state index in [1.807, 2.05) is 6.07 Å². The topological polar surface area (TPSA) is 78.1 Å². The fourth-order valence-electron chi connectivity index (χ4n) is 4.39. The highest BCUT2D eigenvalue weighted by atomic mass is 16.7. The summed E-state index contributed by atoms with van der Waals surface area (Å²) in [4.78, 5) is 12.5. The first-order chi connectivity index (χ1) is 14.2. The van der Waals surface area contributed by atoms with Crippen molar-refractivity contribution < 1.29 is 23.7 Å². The number of rotatable bonds is 4. The minimum atomic E-state index is -0.229. The van der Waals surface area contributed by atoms with E-state index in [0.29, 0.717) is 36.9 Å². The number of ether oxygens (including phenoxy) is 4. The van der Waals surface area contributed by atoms with E-state index in [9.17, 15) is 4.79 Å². The Hall–Kier alpha value is -3.09. The highest BCUT2D eigenvalue weighted by Crippen LogP contribution is 2.44. The van der Waals surface area contributed by atoms with Crippen LogP contribution in [0.2, 0.25) is 0 Å². The predicted octanol–water partition coefficient (Wildman–Crippen LogP) is 3.82. The second kappa shape index (κ2) is 7.39. The van der Waals surface area contributed by atoms with E-state index in [-0.39, 0.29) is 18.2 Å². The van der Waals surface area contributed by atoms with E-state index in [0.717, 1.165) is 37.2 Å². The average molecular weight is 396 g/mol. The Labute approximate surface area is 169 Å². The minimum absolute atomic E-state index is 0.0813. The first kappa shape index (κ1) is 18.0. The Morgan fingerprint density at radius 1 is 0.862 bits per heavy atom. The quantitative estimate of drug-likeness (QED) is 0.822. The van der Waals surface area contributed by atoms with Crippen molar-refractivity contribution in [1.82, 2.24) is 5.32 Å². The molecule has 2 aromatic rings. The van der Waals surface area contributed by atoms with Crippen LogP contribution in [0, 0.1) is 0 Å². The molecule has 29 heavy (non-hydrogen) atoms. The summed E-state index contributed by atoms with van der Waals surface area (Å²) in [6.07, 6.45) is 4.38. The molecule has 0 radical (unpaired) electrons. The molecule has 0 unspecified atom stereocenters. The first-order valence-electron chi connectivity index (χ1n) is 10.1. The molecule has 0 saturated heterocycles. The molecule has 1 saturated carbocycles. The lowest BCUT2D eigenvalue weighted by Gasteiger charge is -2.31. The average Bonchev–Trinajstić information content (AvgIpc) is 3.42. The highest BCUT2D eigenvalue weighted by molar-refractivity contribution is 5.89. The SMILES string of the molecule is O=C(NCC1(c2ccc3c(c2)OCCO3)CCCC1)Nc1ccc2c(c1)OCO2. The van der Waals surface area contributed by atoms with E-state index in [1.165, 1.54) is 5.56 Å². The number of hydrogen-bond donors (Lipinski definition) is 2. The van der Waals surface area contributed by atoms with Crippen LogP contribution in [0.4, 0.5) is 10.5 Å². The number of hydrogen-bond acceptors (Lipinski definition) is 5. The Morgan fingerprint density at radius 3 is 2.41 bits per heavy atom. The maximum atomic E-state index is 12.5. The summed E-state index contributed by atoms with van der Waals surface area (Å²) in [6.45, 7) is 1.94. The number of fused-ring (bicyclic) bond motifs is 2. The van der Waals surface area contributed by atoms with E-state index in [2.05, 4.69) is 22.8 Å². The van der Waals surface area contributed by atoms with Gasteiger partial charge in [0.05, 0.1) is 0 Å². The molecule has 1 aliphatic carbocycles. The number of benzene rings is 2. The third kappa shape index (κ3) is 3.52. The van der Waals surface area contributed by atoms with Crippen LogP contribution in [0.15, 0.2) is 36.4 Å². The maximum Gasteiger partial charge on any atom is 0.319 e. The first-order valence-corrected chi connectivity index (χ1v) is 10.1. The summed E-state index contributed by atoms with van der Waals surface area (Å²) in [5, 5.41) is 5.95. The summed E-state index contributed by atoms with van der Waals surface area (Å²) in [7, 11) is 0. The number of amides is 2. The van der Waals surface area contributed by atoms with Crippen LogP contribution in [0.1, 0.15) is 31.2 Å². The normalized spacial score (nSPS) is 18.3. The molecule has 1 fully saturated rings. The van der Waals surface area contributed by atoms with Gasteiger partial charge in [-0.05, 0) is 42.7 Å². The zero-order valence-electron chi connectivity index (χ0n) is 16.2. The van der Waals surface area contributed by atoms with Crippen LogP contribution < -0.4 is 29.6 Å². The van der Waals surface area contributed by atoms with Crippen molar-refractivity contribution in [2.75, 3.05) is 31.9 Å². The highest BCUT2D eigenvalue weighted by Gasteiger charge is 2.36. The van der Waals surface area contributed by atoms with Gasteiger partial charge in [0.1, 0.15) is 13.2 Å². The van der Waals surface area contributed by atoms with Gasteiger partial charge in [-0.25, -0.2) is 4.79 Å². The molecule has 3 aliphatic rings. The van der Waals surface area contributed by atoms with Gasteiger partial charge in [0, 0.05) is 23.7 Å². The number of nitrogens with one attached hydrogen (secondary N) is 2. The van der Waals surface area contributed by atoms with Crippen LogP contribution >= 0.6 is 0 Å². The van der Waals surface area contributed by atoms with Gasteiger partial charge in [-0.15, -0.1) is 0 Å². The van der Waals surface area contributed by atoms with Gasteiger partial charge >= 0.3 is 6.03 Å². The van der Waals surface area contributed by atoms with Crippen molar-refractivity contribution in [3.05, 3.63) is 42.0 Å². The largest absolute Gasteiger partial charge is 0.486 e. The van der Waals surface area contributed by atoms with Gasteiger partial charge in [-0.1, -0.05) is 18.9 Å². The summed E-state index contributed by atoms with van der Waals surface area (Å²) >= 11 is 0. The lowest BCUT2D eigenvalue weighted by Crippen LogP contribution is -2.41. The molecule has 2 N–H and O–H groups in total. The maximum absolute atomic E-state index is 12.5. The molecule has 7 heteroatoms. The van der Waals surface area contributed by atoms with Crippen LogP contribution in [0.3, 0.4) is 0 Å². The van der Waals surface area contributed by atoms with Gasteiger partial charge in [0.15, 0.2) is 23.0 Å². The summed E-state index contributed by atoms with van der Waals surface area (Å²) in [5.41, 5.74) is 1.79. The lowest BCUT2D eigenvalue weighted by atomic mass is 9.78. The smallest absolute Gasteiger partial charge is 0.319 e. The standard InChI is InChI=1S/C22H24N2O5/c25-21(24-16-4-6-18-20(12-16)29-14-28-18)23-13-22(7-1-2-8-22)15-3-5-17-19(11-15)27-10-9-26-17/h3-6,11-12H,1-2,7-10,13-14H2,(H2,23,24,25). The molecule has 2 aromatic carbocycles. The van der Waals surface area contributed by atoms with Gasteiger partial charge in [-0.3, -0.25) is 0 Å². The molecular weight excluding hydrogens is 372 g/mol. The minimum Gasteiger partial charge on any atom is -0.486 e. The summed E-state index contributed by atoms with van der Waals surface area (Å²) in [6, 6.07) is 11.3. The Kier molecular flexibility index (Phi) is 4.58. The molecule has 0 aromatic heterocycles. The van der Waals surface area contributed by atoms with Crippen molar-refractivity contribution in [3.63, 3.8) is 0 Å². The number of carbonyl (C=O) groups excluding carboxylic acids is 1. The van der Waals surface area contributed by atoms with E-state index < -0.39 is 0 Å². The number of carbonyl (C=O) groups is 1. The molecule has 5 rings (SSSR count). The number of anilines is 1. The summed E-state index contributed by atoms with van der Waals surface area (Å²) in [5.74, 6) is 2.93. The third-order valence-electron chi connectivity index (χ3n) is 5.93.